The van der Waals surface area contributed by atoms with Crippen molar-refractivity contribution in [3.05, 3.63) is 20.3 Å². The van der Waals surface area contributed by atoms with Crippen LogP contribution in [0, 0.1) is 5.41 Å². The molecule has 0 radical (unpaired) electrons. The van der Waals surface area contributed by atoms with Crippen molar-refractivity contribution < 1.29 is 14.6 Å². The zero-order valence-corrected chi connectivity index (χ0v) is 17.1. The number of piperidine rings is 1. The number of hydrogen-bond acceptors (Lipinski definition) is 5. The van der Waals surface area contributed by atoms with Gasteiger partial charge in [-0.2, -0.15) is 0 Å². The van der Waals surface area contributed by atoms with Gasteiger partial charge in [0.25, 0.3) is 0 Å². The standard InChI is InChI=1S/C17H24ClNO3S.C2H6/c1-16(10-21-11-16)9-19-5-3-17(4-6-19)14-12(2-7-22-17)13(8-20)15(18)23-14;1-2/h20H,2-11H2,1H3;1-2H3. The van der Waals surface area contributed by atoms with Crippen molar-refractivity contribution >= 4 is 22.9 Å². The first kappa shape index (κ1) is 19.6. The maximum atomic E-state index is 9.61. The van der Waals surface area contributed by atoms with E-state index >= 15 is 0 Å². The van der Waals surface area contributed by atoms with Crippen molar-refractivity contribution in [2.75, 3.05) is 39.5 Å². The molecule has 3 aliphatic rings. The summed E-state index contributed by atoms with van der Waals surface area (Å²) in [7, 11) is 0. The number of likely N-dealkylation sites (tertiary alicyclic amines) is 1. The van der Waals surface area contributed by atoms with Crippen molar-refractivity contribution in [2.45, 2.75) is 52.2 Å². The van der Waals surface area contributed by atoms with Crippen LogP contribution in [0.15, 0.2) is 0 Å². The van der Waals surface area contributed by atoms with Gasteiger partial charge in [0.1, 0.15) is 5.60 Å². The molecule has 0 atom stereocenters. The van der Waals surface area contributed by atoms with Gasteiger partial charge < -0.3 is 19.5 Å². The first-order chi connectivity index (χ1) is 12.1. The number of nitrogens with zero attached hydrogens (tertiary/aromatic N) is 1. The topological polar surface area (TPSA) is 41.9 Å². The molecule has 0 bridgehead atoms. The van der Waals surface area contributed by atoms with Gasteiger partial charge in [0.2, 0.25) is 0 Å². The molecule has 1 aromatic rings. The van der Waals surface area contributed by atoms with Gasteiger partial charge in [0.05, 0.1) is 30.8 Å². The molecule has 1 N–H and O–H groups in total. The second-order valence-electron chi connectivity index (χ2n) is 7.49. The minimum atomic E-state index is -0.178. The fourth-order valence-corrected chi connectivity index (χ4v) is 5.89. The molecular formula is C19H30ClNO3S. The Morgan fingerprint density at radius 3 is 2.48 bits per heavy atom. The molecule has 6 heteroatoms. The molecule has 0 amide bonds. The van der Waals surface area contributed by atoms with Crippen LogP contribution in [0.1, 0.15) is 49.6 Å². The molecule has 0 unspecified atom stereocenters. The quantitative estimate of drug-likeness (QED) is 0.856. The Morgan fingerprint density at radius 2 is 1.92 bits per heavy atom. The molecule has 4 heterocycles. The van der Waals surface area contributed by atoms with Crippen molar-refractivity contribution in [3.8, 4) is 0 Å². The molecule has 0 aliphatic carbocycles. The van der Waals surface area contributed by atoms with Gasteiger partial charge in [-0.1, -0.05) is 32.4 Å². The SMILES string of the molecule is CC.CC1(CN2CCC3(CC2)OCCc2c3sc(Cl)c2CO)COC1. The molecule has 0 saturated carbocycles. The monoisotopic (exact) mass is 387 g/mol. The zero-order chi connectivity index (χ0) is 18.1. The summed E-state index contributed by atoms with van der Waals surface area (Å²) in [5.74, 6) is 0. The molecule has 3 aliphatic heterocycles. The Kier molecular flexibility index (Phi) is 6.13. The summed E-state index contributed by atoms with van der Waals surface area (Å²) >= 11 is 7.98. The average molecular weight is 388 g/mol. The fraction of sp³-hybridized carbons (Fsp3) is 0.789. The number of aliphatic hydroxyl groups excluding tert-OH is 1. The zero-order valence-electron chi connectivity index (χ0n) is 15.6. The lowest BCUT2D eigenvalue weighted by atomic mass is 9.82. The van der Waals surface area contributed by atoms with E-state index in [-0.39, 0.29) is 12.2 Å². The molecule has 2 fully saturated rings. The highest BCUT2D eigenvalue weighted by Gasteiger charge is 2.45. The number of aliphatic hydroxyl groups is 1. The molecule has 25 heavy (non-hydrogen) atoms. The third-order valence-corrected chi connectivity index (χ3v) is 7.25. The summed E-state index contributed by atoms with van der Waals surface area (Å²) < 4.78 is 12.4. The highest BCUT2D eigenvalue weighted by atomic mass is 35.5. The Morgan fingerprint density at radius 1 is 1.24 bits per heavy atom. The van der Waals surface area contributed by atoms with Crippen LogP contribution in [0.25, 0.3) is 0 Å². The minimum Gasteiger partial charge on any atom is -0.392 e. The largest absolute Gasteiger partial charge is 0.392 e. The van der Waals surface area contributed by atoms with E-state index in [9.17, 15) is 5.11 Å². The summed E-state index contributed by atoms with van der Waals surface area (Å²) in [6, 6.07) is 0. The third kappa shape index (κ3) is 3.64. The first-order valence-electron chi connectivity index (χ1n) is 9.41. The van der Waals surface area contributed by atoms with E-state index in [0.29, 0.717) is 5.41 Å². The summed E-state index contributed by atoms with van der Waals surface area (Å²) in [4.78, 5) is 3.82. The predicted octanol–water partition coefficient (Wildman–Crippen LogP) is 3.82. The maximum Gasteiger partial charge on any atom is 0.105 e. The number of ether oxygens (including phenoxy) is 2. The van der Waals surface area contributed by atoms with Crippen molar-refractivity contribution in [1.82, 2.24) is 4.90 Å². The third-order valence-electron chi connectivity index (χ3n) is 5.54. The Hall–Kier alpha value is -0.170. The van der Waals surface area contributed by atoms with Crippen LogP contribution < -0.4 is 0 Å². The first-order valence-corrected chi connectivity index (χ1v) is 10.6. The Balaban J connectivity index is 0.000000880. The Labute approximate surface area is 160 Å². The normalized spacial score (nSPS) is 24.2. The van der Waals surface area contributed by atoms with E-state index in [4.69, 9.17) is 21.1 Å². The van der Waals surface area contributed by atoms with Crippen LogP contribution in [0.4, 0.5) is 0 Å². The lowest BCUT2D eigenvalue weighted by molar-refractivity contribution is -0.134. The van der Waals surface area contributed by atoms with Gasteiger partial charge in [0.15, 0.2) is 0 Å². The number of thiophene rings is 1. The van der Waals surface area contributed by atoms with Crippen LogP contribution >= 0.6 is 22.9 Å². The lowest BCUT2D eigenvalue weighted by Gasteiger charge is -2.47. The van der Waals surface area contributed by atoms with E-state index in [1.807, 2.05) is 13.8 Å². The summed E-state index contributed by atoms with van der Waals surface area (Å²) in [6.45, 7) is 12.1. The van der Waals surface area contributed by atoms with Crippen LogP contribution in [0.3, 0.4) is 0 Å². The smallest absolute Gasteiger partial charge is 0.105 e. The van der Waals surface area contributed by atoms with Crippen LogP contribution in [0.2, 0.25) is 4.34 Å². The molecule has 4 nitrogen and oxygen atoms in total. The van der Waals surface area contributed by atoms with Crippen molar-refractivity contribution in [1.29, 1.82) is 0 Å². The predicted molar refractivity (Wildman–Crippen MR) is 103 cm³/mol. The summed E-state index contributed by atoms with van der Waals surface area (Å²) in [6.07, 6.45) is 2.90. The average Bonchev–Trinajstić information content (AvgIpc) is 2.94. The van der Waals surface area contributed by atoms with Crippen molar-refractivity contribution in [3.63, 3.8) is 0 Å². The van der Waals surface area contributed by atoms with Gasteiger partial charge in [-0.3, -0.25) is 0 Å². The van der Waals surface area contributed by atoms with E-state index < -0.39 is 0 Å². The van der Waals surface area contributed by atoms with Gasteiger partial charge in [-0.25, -0.2) is 0 Å². The van der Waals surface area contributed by atoms with E-state index in [1.54, 1.807) is 11.3 Å². The molecule has 1 spiro atoms. The van der Waals surface area contributed by atoms with Gasteiger partial charge in [-0.05, 0) is 24.8 Å². The molecule has 2 saturated heterocycles. The summed E-state index contributed by atoms with van der Waals surface area (Å²) in [5, 5.41) is 9.61. The number of halogens is 1. The number of fused-ring (bicyclic) bond motifs is 2. The second kappa shape index (κ2) is 7.83. The molecule has 142 valence electrons. The molecule has 4 rings (SSSR count). The lowest BCUT2D eigenvalue weighted by Crippen LogP contribution is -2.53. The number of hydrogen-bond donors (Lipinski definition) is 1. The van der Waals surface area contributed by atoms with Gasteiger partial charge >= 0.3 is 0 Å². The highest BCUT2D eigenvalue weighted by molar-refractivity contribution is 7.16. The fourth-order valence-electron chi connectivity index (χ4n) is 4.20. The van der Waals surface area contributed by atoms with Crippen LogP contribution in [0.5, 0.6) is 0 Å². The van der Waals surface area contributed by atoms with Crippen molar-refractivity contribution in [2.24, 2.45) is 5.41 Å². The second-order valence-corrected chi connectivity index (χ2v) is 9.12. The van der Waals surface area contributed by atoms with Gasteiger partial charge in [-0.15, -0.1) is 11.3 Å². The maximum absolute atomic E-state index is 9.61. The van der Waals surface area contributed by atoms with E-state index in [1.165, 1.54) is 10.4 Å². The Bertz CT molecular complexity index is 592. The van der Waals surface area contributed by atoms with Crippen LogP contribution in [-0.4, -0.2) is 49.5 Å². The van der Waals surface area contributed by atoms with Gasteiger partial charge in [0, 0.05) is 35.5 Å². The van der Waals surface area contributed by atoms with E-state index in [0.717, 1.165) is 68.6 Å². The molecule has 1 aromatic heterocycles. The minimum absolute atomic E-state index is 0.0330. The van der Waals surface area contributed by atoms with E-state index in [2.05, 4.69) is 11.8 Å². The van der Waals surface area contributed by atoms with Crippen LogP contribution in [-0.2, 0) is 28.1 Å². The molecule has 0 aromatic carbocycles. The number of rotatable bonds is 3. The summed E-state index contributed by atoms with van der Waals surface area (Å²) in [5.41, 5.74) is 2.33. The molecular weight excluding hydrogens is 358 g/mol. The highest BCUT2D eigenvalue weighted by Crippen LogP contribution is 2.48.